The lowest BCUT2D eigenvalue weighted by Gasteiger charge is -2.60. The molecule has 0 saturated heterocycles. The van der Waals surface area contributed by atoms with Crippen LogP contribution in [0.25, 0.3) is 0 Å². The lowest BCUT2D eigenvalue weighted by atomic mass is 9.46. The van der Waals surface area contributed by atoms with Gasteiger partial charge in [0.15, 0.2) is 11.9 Å². The Morgan fingerprint density at radius 1 is 1.33 bits per heavy atom. The Kier molecular flexibility index (Phi) is 5.27. The van der Waals surface area contributed by atoms with Gasteiger partial charge in [-0.1, -0.05) is 32.4 Å². The Labute approximate surface area is 178 Å². The summed E-state index contributed by atoms with van der Waals surface area (Å²) in [5, 5.41) is 36.5. The number of rotatable bonds is 4. The van der Waals surface area contributed by atoms with Crippen LogP contribution in [0.15, 0.2) is 23.8 Å². The van der Waals surface area contributed by atoms with Crippen molar-refractivity contribution in [3.63, 3.8) is 0 Å². The van der Waals surface area contributed by atoms with Gasteiger partial charge in [-0.15, -0.1) is 0 Å². The Morgan fingerprint density at radius 2 is 2.07 bits per heavy atom. The van der Waals surface area contributed by atoms with Crippen LogP contribution in [0.1, 0.15) is 59.3 Å². The standard InChI is InChI=1S/C24H35NO5/c1-4-11-25-21(29)20(28)24(30)10-8-17-16-6-5-14-12-15(26)7-9-22(14,2)19(16)18(27)13-23(17,24)3/h7,9,12,16-20,27-28,30H,4-6,8,10-11,13H2,1-3H3,(H,25,29)/t16-,17-,18-,19+,20+,22-,23-,24-/m0/s1. The molecule has 0 aromatic rings. The molecule has 166 valence electrons. The molecule has 0 heterocycles. The highest BCUT2D eigenvalue weighted by molar-refractivity contribution is 6.01. The van der Waals surface area contributed by atoms with Crippen LogP contribution in [-0.2, 0) is 9.59 Å². The first-order valence-corrected chi connectivity index (χ1v) is 11.4. The third-order valence-electron chi connectivity index (χ3n) is 8.96. The molecule has 6 heteroatoms. The van der Waals surface area contributed by atoms with Gasteiger partial charge in [-0.05, 0) is 62.5 Å². The van der Waals surface area contributed by atoms with Crippen LogP contribution < -0.4 is 5.32 Å². The minimum absolute atomic E-state index is 0.00696. The van der Waals surface area contributed by atoms with Crippen LogP contribution in [0.4, 0.5) is 0 Å². The Balaban J connectivity index is 1.66. The van der Waals surface area contributed by atoms with Gasteiger partial charge in [0.1, 0.15) is 5.60 Å². The highest BCUT2D eigenvalue weighted by Gasteiger charge is 2.68. The normalized spacial score (nSPS) is 45.8. The van der Waals surface area contributed by atoms with E-state index in [0.717, 1.165) is 31.3 Å². The van der Waals surface area contributed by atoms with E-state index in [0.29, 0.717) is 19.4 Å². The van der Waals surface area contributed by atoms with Crippen LogP contribution in [0.2, 0.25) is 0 Å². The summed E-state index contributed by atoms with van der Waals surface area (Å²) in [7, 11) is 0. The lowest BCUT2D eigenvalue weighted by Crippen LogP contribution is -2.64. The summed E-state index contributed by atoms with van der Waals surface area (Å²) >= 11 is 0. The van der Waals surface area contributed by atoms with Gasteiger partial charge in [0.25, 0.3) is 5.91 Å². The predicted octanol–water partition coefficient (Wildman–Crippen LogP) is 1.88. The SMILES string of the molecule is CCCNC(=O)[C@@H](O)[C@@]1(O)CC[C@H]2[C@@H]3CCC4=CC(=O)C=C[C@]4(C)[C@H]3[C@@H](O)C[C@@]21C. The van der Waals surface area contributed by atoms with Gasteiger partial charge in [-0.3, -0.25) is 9.59 Å². The first kappa shape index (κ1) is 21.7. The maximum atomic E-state index is 12.5. The third-order valence-corrected chi connectivity index (χ3v) is 8.96. The summed E-state index contributed by atoms with van der Waals surface area (Å²) < 4.78 is 0. The zero-order chi connectivity index (χ0) is 21.9. The summed E-state index contributed by atoms with van der Waals surface area (Å²) in [6, 6.07) is 0. The molecule has 8 atom stereocenters. The zero-order valence-electron chi connectivity index (χ0n) is 18.2. The fraction of sp³-hybridized carbons (Fsp3) is 0.750. The van der Waals surface area contributed by atoms with Crippen molar-refractivity contribution in [1.82, 2.24) is 5.32 Å². The van der Waals surface area contributed by atoms with Gasteiger partial charge in [0.2, 0.25) is 0 Å². The van der Waals surface area contributed by atoms with E-state index in [1.165, 1.54) is 0 Å². The summed E-state index contributed by atoms with van der Waals surface area (Å²) in [6.45, 7) is 6.44. The van der Waals surface area contributed by atoms with Gasteiger partial charge >= 0.3 is 0 Å². The molecule has 4 N–H and O–H groups in total. The van der Waals surface area contributed by atoms with Crippen LogP contribution in [-0.4, -0.2) is 51.4 Å². The summed E-state index contributed by atoms with van der Waals surface area (Å²) in [4.78, 5) is 24.4. The second-order valence-electron chi connectivity index (χ2n) is 10.4. The molecule has 0 unspecified atom stereocenters. The molecule has 0 aromatic heterocycles. The quantitative estimate of drug-likeness (QED) is 0.559. The van der Waals surface area contributed by atoms with Gasteiger partial charge in [-0.2, -0.15) is 0 Å². The van der Waals surface area contributed by atoms with Gasteiger partial charge in [0, 0.05) is 23.3 Å². The largest absolute Gasteiger partial charge is 0.393 e. The van der Waals surface area contributed by atoms with Crippen LogP contribution in [0.5, 0.6) is 0 Å². The fourth-order valence-electron chi connectivity index (χ4n) is 7.37. The second kappa shape index (κ2) is 7.28. The zero-order valence-corrected chi connectivity index (χ0v) is 18.2. The van der Waals surface area contributed by atoms with Crippen molar-refractivity contribution < 1.29 is 24.9 Å². The molecule has 4 aliphatic rings. The van der Waals surface area contributed by atoms with E-state index in [4.69, 9.17) is 0 Å². The lowest BCUT2D eigenvalue weighted by molar-refractivity contribution is -0.200. The molecule has 0 bridgehead atoms. The molecule has 30 heavy (non-hydrogen) atoms. The minimum atomic E-state index is -1.56. The van der Waals surface area contributed by atoms with Crippen molar-refractivity contribution in [3.05, 3.63) is 23.8 Å². The first-order valence-electron chi connectivity index (χ1n) is 11.4. The third kappa shape index (κ3) is 2.87. The fourth-order valence-corrected chi connectivity index (χ4v) is 7.37. The number of amides is 1. The summed E-state index contributed by atoms with van der Waals surface area (Å²) in [5.74, 6) is -0.291. The van der Waals surface area contributed by atoms with Crippen LogP contribution in [0, 0.1) is 28.6 Å². The predicted molar refractivity (Wildman–Crippen MR) is 112 cm³/mol. The molecular formula is C24H35NO5. The van der Waals surface area contributed by atoms with E-state index < -0.39 is 29.1 Å². The average Bonchev–Trinajstić information content (AvgIpc) is 2.97. The molecule has 0 aliphatic heterocycles. The molecule has 0 spiro atoms. The molecular weight excluding hydrogens is 382 g/mol. The van der Waals surface area contributed by atoms with Gasteiger partial charge < -0.3 is 20.6 Å². The molecule has 4 aliphatic carbocycles. The van der Waals surface area contributed by atoms with Gasteiger partial charge in [-0.25, -0.2) is 0 Å². The number of aliphatic hydroxyl groups excluding tert-OH is 2. The number of carbonyl (C=O) groups excluding carboxylic acids is 2. The number of carbonyl (C=O) groups is 2. The first-order chi connectivity index (χ1) is 14.1. The second-order valence-corrected chi connectivity index (χ2v) is 10.4. The van der Waals surface area contributed by atoms with E-state index in [2.05, 4.69) is 12.2 Å². The summed E-state index contributed by atoms with van der Waals surface area (Å²) in [6.07, 6.45) is 6.90. The number of aliphatic hydroxyl groups is 3. The topological polar surface area (TPSA) is 107 Å². The number of hydrogen-bond donors (Lipinski definition) is 4. The van der Waals surface area contributed by atoms with Gasteiger partial charge in [0.05, 0.1) is 6.10 Å². The number of fused-ring (bicyclic) bond motifs is 5. The molecule has 3 fully saturated rings. The van der Waals surface area contributed by atoms with Crippen molar-refractivity contribution >= 4 is 11.7 Å². The monoisotopic (exact) mass is 417 g/mol. The maximum absolute atomic E-state index is 12.5. The number of allylic oxidation sites excluding steroid dienone is 4. The van der Waals surface area contributed by atoms with Crippen molar-refractivity contribution in [3.8, 4) is 0 Å². The van der Waals surface area contributed by atoms with Crippen molar-refractivity contribution in [2.45, 2.75) is 77.1 Å². The molecule has 0 aromatic carbocycles. The van der Waals surface area contributed by atoms with E-state index in [1.54, 1.807) is 12.2 Å². The van der Waals surface area contributed by atoms with Crippen LogP contribution in [0.3, 0.4) is 0 Å². The number of hydrogen-bond acceptors (Lipinski definition) is 5. The highest BCUT2D eigenvalue weighted by atomic mass is 16.4. The number of nitrogens with one attached hydrogen (secondary N) is 1. The van der Waals surface area contributed by atoms with E-state index in [1.807, 2.05) is 19.9 Å². The summed E-state index contributed by atoms with van der Waals surface area (Å²) in [5.41, 5.74) is -1.58. The van der Waals surface area contributed by atoms with Crippen molar-refractivity contribution in [2.24, 2.45) is 28.6 Å². The van der Waals surface area contributed by atoms with E-state index >= 15 is 0 Å². The van der Waals surface area contributed by atoms with Crippen molar-refractivity contribution in [1.29, 1.82) is 0 Å². The molecule has 0 radical (unpaired) electrons. The minimum Gasteiger partial charge on any atom is -0.393 e. The Bertz CT molecular complexity index is 805. The maximum Gasteiger partial charge on any atom is 0.251 e. The molecule has 4 rings (SSSR count). The van der Waals surface area contributed by atoms with Crippen LogP contribution >= 0.6 is 0 Å². The number of ketones is 1. The molecule has 6 nitrogen and oxygen atoms in total. The van der Waals surface area contributed by atoms with E-state index in [-0.39, 0.29) is 29.0 Å². The van der Waals surface area contributed by atoms with E-state index in [9.17, 15) is 24.9 Å². The highest BCUT2D eigenvalue weighted by Crippen LogP contribution is 2.67. The van der Waals surface area contributed by atoms with Crippen molar-refractivity contribution in [2.75, 3.05) is 6.54 Å². The Hall–Kier alpha value is -1.50. The smallest absolute Gasteiger partial charge is 0.251 e. The molecule has 1 amide bonds. The molecule has 3 saturated carbocycles. The Morgan fingerprint density at radius 3 is 2.77 bits per heavy atom. The average molecular weight is 418 g/mol.